The molecule has 1 aromatic carbocycles. The zero-order valence-electron chi connectivity index (χ0n) is 43.9. The number of amides is 5. The molecule has 1 fully saturated rings. The number of hydrogen-bond acceptors (Lipinski definition) is 15. The summed E-state index contributed by atoms with van der Waals surface area (Å²) < 4.78 is 29.1. The van der Waals surface area contributed by atoms with Crippen LogP contribution in [0.3, 0.4) is 0 Å². The Balaban J connectivity index is 1.69. The lowest BCUT2D eigenvalue weighted by molar-refractivity contribution is -0.140. The van der Waals surface area contributed by atoms with Crippen LogP contribution in [0.25, 0.3) is 0 Å². The molecule has 5 amide bonds. The summed E-state index contributed by atoms with van der Waals surface area (Å²) in [6.07, 6.45) is 10.1. The molecule has 22 nitrogen and oxygen atoms in total. The minimum atomic E-state index is -5.09. The molecule has 1 saturated heterocycles. The average molecular weight is 1100 g/mol. The third-order valence-corrected chi connectivity index (χ3v) is 14.0. The van der Waals surface area contributed by atoms with Gasteiger partial charge in [-0.2, -0.15) is 12.6 Å². The zero-order chi connectivity index (χ0) is 55.3. The van der Waals surface area contributed by atoms with Crippen LogP contribution in [0, 0.1) is 17.8 Å². The second-order valence-electron chi connectivity index (χ2n) is 19.6. The first-order chi connectivity index (χ1) is 35.7. The number of likely N-dealkylation sites (tertiary alicyclic amines) is 1. The van der Waals surface area contributed by atoms with Gasteiger partial charge in [0, 0.05) is 56.5 Å². The van der Waals surface area contributed by atoms with Gasteiger partial charge in [0.2, 0.25) is 29.5 Å². The summed E-state index contributed by atoms with van der Waals surface area (Å²) in [5, 5.41) is 18.4. The number of nitrogens with two attached hydrogens (primary N) is 2. The van der Waals surface area contributed by atoms with Gasteiger partial charge in [-0.3, -0.25) is 38.1 Å². The Labute approximate surface area is 446 Å². The molecule has 7 atom stereocenters. The van der Waals surface area contributed by atoms with Crippen LogP contribution in [-0.4, -0.2) is 153 Å². The lowest BCUT2D eigenvalue weighted by Crippen LogP contribution is -2.52. The Morgan fingerprint density at radius 2 is 1.52 bits per heavy atom. The number of aliphatic hydroxyl groups excluding tert-OH is 1. The van der Waals surface area contributed by atoms with Crippen molar-refractivity contribution in [3.05, 3.63) is 54.1 Å². The third-order valence-electron chi connectivity index (χ3n) is 13.0. The highest BCUT2D eigenvalue weighted by atomic mass is 32.1. The predicted octanol–water partition coefficient (Wildman–Crippen LogP) is 2.33. The highest BCUT2D eigenvalue weighted by Gasteiger charge is 2.38. The van der Waals surface area contributed by atoms with Gasteiger partial charge in [-0.25, -0.2) is 9.55 Å². The molecule has 0 bridgehead atoms. The van der Waals surface area contributed by atoms with Crippen molar-refractivity contribution in [3.63, 3.8) is 0 Å². The number of unbranched alkanes of at least 4 members (excludes halogenated alkanes) is 6. The number of thiol groups is 1. The minimum absolute atomic E-state index is 0.000515. The molecule has 1 aromatic heterocycles. The Hall–Kier alpha value is -4.58. The predicted molar refractivity (Wildman–Crippen MR) is 283 cm³/mol. The standard InChI is InChI=1S/C51H83N8O14PS/c1-35(2)27-42(56-51(67)44-18-14-22-59(44)47(63)19-23-71-25-26-72-24-20-55-50(66)41(52)33-75)45(61)29-38(49(65)57-43(32-60)46(62)30-40(48(53)64)36(3)73-74(68,69)70)28-39-31-54-34-58(39)21-13-8-6-4-5-7-10-15-37-16-11-9-12-17-37/h9,11-12,16-17,31,34-36,38,40-44,60,75H,4-8,10,13-15,18-30,32-33,52H2,1-3H3,(H2,53,64)(H,55,66)(H,56,67)(H,57,65)(H2,68,69,70)/t36-,38-,40+,41+,42+,43+,44+/m1/s1. The summed E-state index contributed by atoms with van der Waals surface area (Å²) in [4.78, 5) is 118. The van der Waals surface area contributed by atoms with E-state index in [4.69, 9.17) is 20.9 Å². The Morgan fingerprint density at radius 3 is 2.16 bits per heavy atom. The van der Waals surface area contributed by atoms with Crippen LogP contribution in [0.5, 0.6) is 0 Å². The van der Waals surface area contributed by atoms with Crippen LogP contribution < -0.4 is 27.4 Å². The maximum Gasteiger partial charge on any atom is 0.469 e. The molecule has 75 heavy (non-hydrogen) atoms. The van der Waals surface area contributed by atoms with Crippen molar-refractivity contribution in [3.8, 4) is 0 Å². The Kier molecular flexibility index (Phi) is 30.2. The monoisotopic (exact) mass is 1090 g/mol. The lowest BCUT2D eigenvalue weighted by atomic mass is 9.89. The van der Waals surface area contributed by atoms with E-state index in [1.807, 2.05) is 24.5 Å². The van der Waals surface area contributed by atoms with E-state index in [-0.39, 0.29) is 75.7 Å². The van der Waals surface area contributed by atoms with E-state index in [0.717, 1.165) is 58.3 Å². The molecular weight excluding hydrogens is 1010 g/mol. The SMILES string of the molecule is CC(C)C[C@H](NC(=O)[C@@H]1CCCN1C(=O)CCOCCOCCNC(=O)[C@@H](N)CS)C(=O)C[C@@H](Cc1cncn1CCCCCCCCCc1ccccc1)C(=O)N[C@@H](CO)C(=O)C[C@H](C(N)=O)[C@@H](C)OP(=O)(O)O. The van der Waals surface area contributed by atoms with Crippen molar-refractivity contribution < 1.29 is 67.0 Å². The van der Waals surface area contributed by atoms with Gasteiger partial charge in [-0.1, -0.05) is 76.3 Å². The molecule has 0 aliphatic carbocycles. The third kappa shape index (κ3) is 25.0. The number of nitrogens with one attached hydrogen (secondary N) is 3. The van der Waals surface area contributed by atoms with Gasteiger partial charge in [0.05, 0.1) is 75.8 Å². The van der Waals surface area contributed by atoms with Crippen molar-refractivity contribution in [2.24, 2.45) is 29.2 Å². The van der Waals surface area contributed by atoms with Gasteiger partial charge >= 0.3 is 7.82 Å². The molecule has 0 unspecified atom stereocenters. The molecular formula is C51H83N8O14PS. The second-order valence-corrected chi connectivity index (χ2v) is 21.1. The van der Waals surface area contributed by atoms with Gasteiger partial charge in [-0.15, -0.1) is 0 Å². The number of nitrogens with zero attached hydrogens (tertiary/aromatic N) is 3. The topological polar surface area (TPSA) is 334 Å². The molecule has 24 heteroatoms. The van der Waals surface area contributed by atoms with Crippen LogP contribution in [0.2, 0.25) is 0 Å². The number of aromatic nitrogens is 2. The highest BCUT2D eigenvalue weighted by molar-refractivity contribution is 7.80. The van der Waals surface area contributed by atoms with Crippen LogP contribution in [0.15, 0.2) is 42.9 Å². The van der Waals surface area contributed by atoms with Gasteiger partial charge in [0.15, 0.2) is 11.6 Å². The van der Waals surface area contributed by atoms with Crippen LogP contribution in [-0.2, 0) is 71.5 Å². The number of aliphatic hydroxyl groups is 1. The lowest BCUT2D eigenvalue weighted by Gasteiger charge is -2.28. The summed E-state index contributed by atoms with van der Waals surface area (Å²) in [6.45, 7) is 5.89. The first-order valence-electron chi connectivity index (χ1n) is 26.2. The minimum Gasteiger partial charge on any atom is -0.394 e. The fraction of sp³-hybridized carbons (Fsp3) is 0.686. The van der Waals surface area contributed by atoms with Gasteiger partial charge in [0.25, 0.3) is 0 Å². The number of hydrogen-bond donors (Lipinski definition) is 9. The van der Waals surface area contributed by atoms with E-state index in [2.05, 4.69) is 62.4 Å². The summed E-state index contributed by atoms with van der Waals surface area (Å²) >= 11 is 4.00. The smallest absolute Gasteiger partial charge is 0.394 e. The highest BCUT2D eigenvalue weighted by Crippen LogP contribution is 2.39. The maximum atomic E-state index is 14.4. The number of benzene rings is 1. The summed E-state index contributed by atoms with van der Waals surface area (Å²) in [7, 11) is -5.09. The molecule has 2 aromatic rings. The van der Waals surface area contributed by atoms with Crippen molar-refractivity contribution >= 4 is 61.6 Å². The van der Waals surface area contributed by atoms with Crippen LogP contribution in [0.1, 0.15) is 115 Å². The van der Waals surface area contributed by atoms with E-state index in [0.29, 0.717) is 31.6 Å². The van der Waals surface area contributed by atoms with Gasteiger partial charge in [0.1, 0.15) is 12.1 Å². The summed E-state index contributed by atoms with van der Waals surface area (Å²) in [5.41, 5.74) is 13.1. The fourth-order valence-electron chi connectivity index (χ4n) is 8.85. The number of phosphoric acid groups is 1. The van der Waals surface area contributed by atoms with Gasteiger partial charge in [-0.05, 0) is 56.9 Å². The molecule has 10 N–H and O–H groups in total. The molecule has 2 heterocycles. The summed E-state index contributed by atoms with van der Waals surface area (Å²) in [6, 6.07) is 6.19. The molecule has 0 saturated carbocycles. The zero-order valence-corrected chi connectivity index (χ0v) is 45.6. The van der Waals surface area contributed by atoms with Crippen LogP contribution in [0.4, 0.5) is 0 Å². The number of carbonyl (C=O) groups is 7. The number of ketones is 2. The number of Topliss-reactive ketones (excluding diaryl/α,β-unsaturated/α-hetero) is 2. The number of primary amides is 1. The molecule has 1 aliphatic heterocycles. The number of ether oxygens (including phenoxy) is 2. The number of aryl methyl sites for hydroxylation is 2. The number of phosphoric ester groups is 1. The van der Waals surface area contributed by atoms with E-state index in [1.165, 1.54) is 10.5 Å². The van der Waals surface area contributed by atoms with Gasteiger partial charge < -0.3 is 61.3 Å². The second kappa shape index (κ2) is 35.0. The normalized spacial score (nSPS) is 16.2. The van der Waals surface area contributed by atoms with E-state index >= 15 is 0 Å². The quantitative estimate of drug-likeness (QED) is 0.0263. The fourth-order valence-corrected chi connectivity index (χ4v) is 9.60. The molecule has 0 radical (unpaired) electrons. The number of carbonyl (C=O) groups excluding carboxylic acids is 7. The van der Waals surface area contributed by atoms with E-state index in [1.54, 1.807) is 12.5 Å². The Bertz CT molecular complexity index is 2130. The van der Waals surface area contributed by atoms with Crippen molar-refractivity contribution in [2.45, 2.75) is 154 Å². The summed E-state index contributed by atoms with van der Waals surface area (Å²) in [5.74, 6) is -6.97. The molecule has 422 valence electrons. The molecule has 0 spiro atoms. The largest absolute Gasteiger partial charge is 0.469 e. The van der Waals surface area contributed by atoms with E-state index < -0.39 is 98.7 Å². The maximum absolute atomic E-state index is 14.4. The van der Waals surface area contributed by atoms with E-state index in [9.17, 15) is 53.0 Å². The van der Waals surface area contributed by atoms with Crippen molar-refractivity contribution in [1.29, 1.82) is 0 Å². The molecule has 1 aliphatic rings. The number of rotatable bonds is 40. The average Bonchev–Trinajstić information content (AvgIpc) is 4.05. The van der Waals surface area contributed by atoms with Crippen LogP contribution >= 0.6 is 20.5 Å². The number of imidazole rings is 1. The Morgan fingerprint density at radius 1 is 0.867 bits per heavy atom. The first-order valence-corrected chi connectivity index (χ1v) is 28.3. The van der Waals surface area contributed by atoms with Crippen molar-refractivity contribution in [2.75, 3.05) is 51.9 Å². The molecule has 3 rings (SSSR count). The first kappa shape index (κ1) is 64.7. The van der Waals surface area contributed by atoms with Crippen molar-refractivity contribution in [1.82, 2.24) is 30.4 Å².